The molecule has 0 saturated carbocycles. The summed E-state index contributed by atoms with van der Waals surface area (Å²) >= 11 is 1.77. The summed E-state index contributed by atoms with van der Waals surface area (Å²) in [4.78, 5) is 15.4. The SMILES string of the molecule is CC(=O)c1cc(F)ccc1OCC1CN(Cc2sccc2C)CCO1. The van der Waals surface area contributed by atoms with Crippen LogP contribution in [0.4, 0.5) is 4.39 Å². The van der Waals surface area contributed by atoms with Gasteiger partial charge in [-0.2, -0.15) is 0 Å². The molecule has 0 N–H and O–H groups in total. The number of thiophene rings is 1. The molecule has 1 saturated heterocycles. The van der Waals surface area contributed by atoms with Gasteiger partial charge in [0.25, 0.3) is 0 Å². The third-order valence-electron chi connectivity index (χ3n) is 4.30. The number of aryl methyl sites for hydroxylation is 1. The number of hydrogen-bond acceptors (Lipinski definition) is 5. The summed E-state index contributed by atoms with van der Waals surface area (Å²) in [7, 11) is 0. The van der Waals surface area contributed by atoms with E-state index in [1.807, 2.05) is 0 Å². The predicted octanol–water partition coefficient (Wildman–Crippen LogP) is 3.68. The van der Waals surface area contributed by atoms with E-state index < -0.39 is 5.82 Å². The average Bonchev–Trinajstić information content (AvgIpc) is 2.99. The van der Waals surface area contributed by atoms with Crippen LogP contribution < -0.4 is 4.74 Å². The Balaban J connectivity index is 1.58. The topological polar surface area (TPSA) is 38.8 Å². The Morgan fingerprint density at radius 1 is 1.44 bits per heavy atom. The van der Waals surface area contributed by atoms with Crippen LogP contribution >= 0.6 is 11.3 Å². The van der Waals surface area contributed by atoms with E-state index in [1.165, 1.54) is 35.6 Å². The second-order valence-electron chi connectivity index (χ2n) is 6.26. The zero-order valence-corrected chi connectivity index (χ0v) is 15.3. The monoisotopic (exact) mass is 363 g/mol. The fraction of sp³-hybridized carbons (Fsp3) is 0.421. The van der Waals surface area contributed by atoms with Gasteiger partial charge in [0.1, 0.15) is 24.3 Å². The predicted molar refractivity (Wildman–Crippen MR) is 96.0 cm³/mol. The van der Waals surface area contributed by atoms with Crippen LogP contribution in [0.5, 0.6) is 5.75 Å². The van der Waals surface area contributed by atoms with E-state index in [2.05, 4.69) is 23.3 Å². The second-order valence-corrected chi connectivity index (χ2v) is 7.26. The van der Waals surface area contributed by atoms with Crippen molar-refractivity contribution < 1.29 is 18.7 Å². The summed E-state index contributed by atoms with van der Waals surface area (Å²) < 4.78 is 24.9. The van der Waals surface area contributed by atoms with Crippen LogP contribution in [0, 0.1) is 12.7 Å². The molecule has 1 aliphatic rings. The number of carbonyl (C=O) groups excluding carboxylic acids is 1. The molecule has 0 spiro atoms. The molecule has 1 aromatic heterocycles. The van der Waals surface area contributed by atoms with Crippen molar-refractivity contribution in [2.75, 3.05) is 26.3 Å². The first-order valence-electron chi connectivity index (χ1n) is 8.33. The number of halogens is 1. The third kappa shape index (κ3) is 4.66. The van der Waals surface area contributed by atoms with Gasteiger partial charge in [0.05, 0.1) is 12.2 Å². The molecule has 2 heterocycles. The van der Waals surface area contributed by atoms with E-state index in [-0.39, 0.29) is 17.5 Å². The van der Waals surface area contributed by atoms with Gasteiger partial charge in [0.15, 0.2) is 5.78 Å². The minimum atomic E-state index is -0.441. The molecule has 3 rings (SSSR count). The third-order valence-corrected chi connectivity index (χ3v) is 5.31. The maximum Gasteiger partial charge on any atom is 0.163 e. The molecule has 1 atom stereocenters. The maximum absolute atomic E-state index is 13.3. The highest BCUT2D eigenvalue weighted by Gasteiger charge is 2.22. The number of morpholine rings is 1. The van der Waals surface area contributed by atoms with E-state index in [4.69, 9.17) is 9.47 Å². The van der Waals surface area contributed by atoms with Crippen molar-refractivity contribution in [3.05, 3.63) is 51.5 Å². The molecule has 0 bridgehead atoms. The Hall–Kier alpha value is -1.76. The highest BCUT2D eigenvalue weighted by Crippen LogP contribution is 2.22. The number of Topliss-reactive ketones (excluding diaryl/α,β-unsaturated/α-hetero) is 1. The van der Waals surface area contributed by atoms with Crippen molar-refractivity contribution in [1.29, 1.82) is 0 Å². The van der Waals surface area contributed by atoms with Gasteiger partial charge in [-0.3, -0.25) is 9.69 Å². The quantitative estimate of drug-likeness (QED) is 0.734. The van der Waals surface area contributed by atoms with Crippen molar-refractivity contribution >= 4 is 17.1 Å². The number of carbonyl (C=O) groups is 1. The van der Waals surface area contributed by atoms with Crippen LogP contribution in [0.2, 0.25) is 0 Å². The lowest BCUT2D eigenvalue weighted by molar-refractivity contribution is -0.0502. The molecule has 0 radical (unpaired) electrons. The summed E-state index contributed by atoms with van der Waals surface area (Å²) in [5, 5.41) is 2.11. The molecule has 1 unspecified atom stereocenters. The lowest BCUT2D eigenvalue weighted by Crippen LogP contribution is -2.44. The fourth-order valence-corrected chi connectivity index (χ4v) is 3.83. The number of hydrogen-bond donors (Lipinski definition) is 0. The van der Waals surface area contributed by atoms with Gasteiger partial charge >= 0.3 is 0 Å². The van der Waals surface area contributed by atoms with Crippen LogP contribution in [0.15, 0.2) is 29.6 Å². The van der Waals surface area contributed by atoms with E-state index in [1.54, 1.807) is 11.3 Å². The number of benzene rings is 1. The van der Waals surface area contributed by atoms with Crippen LogP contribution in [0.1, 0.15) is 27.7 Å². The molecule has 6 heteroatoms. The van der Waals surface area contributed by atoms with Crippen molar-refractivity contribution in [1.82, 2.24) is 4.90 Å². The summed E-state index contributed by atoms with van der Waals surface area (Å²) in [5.74, 6) is -0.249. The highest BCUT2D eigenvalue weighted by molar-refractivity contribution is 7.10. The van der Waals surface area contributed by atoms with Crippen LogP contribution in [-0.2, 0) is 11.3 Å². The van der Waals surface area contributed by atoms with Crippen molar-refractivity contribution in [3.63, 3.8) is 0 Å². The van der Waals surface area contributed by atoms with E-state index in [0.29, 0.717) is 19.0 Å². The molecule has 0 aliphatic carbocycles. The Labute approximate surface area is 151 Å². The normalized spacial score (nSPS) is 18.3. The largest absolute Gasteiger partial charge is 0.490 e. The average molecular weight is 363 g/mol. The summed E-state index contributed by atoms with van der Waals surface area (Å²) in [6.07, 6.45) is -0.0705. The van der Waals surface area contributed by atoms with Crippen molar-refractivity contribution in [2.45, 2.75) is 26.5 Å². The van der Waals surface area contributed by atoms with Gasteiger partial charge in [-0.05, 0) is 49.1 Å². The van der Waals surface area contributed by atoms with E-state index in [0.717, 1.165) is 19.6 Å². The zero-order valence-electron chi connectivity index (χ0n) is 14.5. The molecular weight excluding hydrogens is 341 g/mol. The minimum Gasteiger partial charge on any atom is -0.490 e. The number of ketones is 1. The molecule has 1 aromatic carbocycles. The van der Waals surface area contributed by atoms with Gasteiger partial charge in [0, 0.05) is 24.5 Å². The van der Waals surface area contributed by atoms with Crippen molar-refractivity contribution in [2.24, 2.45) is 0 Å². The van der Waals surface area contributed by atoms with Gasteiger partial charge in [0.2, 0.25) is 0 Å². The van der Waals surface area contributed by atoms with E-state index in [9.17, 15) is 9.18 Å². The molecular formula is C19H22FNO3S. The molecule has 2 aromatic rings. The van der Waals surface area contributed by atoms with Crippen molar-refractivity contribution in [3.8, 4) is 5.75 Å². The number of rotatable bonds is 6. The summed E-state index contributed by atoms with van der Waals surface area (Å²) in [6, 6.07) is 6.15. The number of nitrogens with zero attached hydrogens (tertiary/aromatic N) is 1. The Bertz CT molecular complexity index is 746. The molecule has 25 heavy (non-hydrogen) atoms. The molecule has 134 valence electrons. The van der Waals surface area contributed by atoms with Gasteiger partial charge in [-0.25, -0.2) is 4.39 Å². The molecule has 0 amide bonds. The van der Waals surface area contributed by atoms with Gasteiger partial charge in [-0.15, -0.1) is 11.3 Å². The van der Waals surface area contributed by atoms with Gasteiger partial charge in [-0.1, -0.05) is 0 Å². The fourth-order valence-electron chi connectivity index (χ4n) is 2.88. The van der Waals surface area contributed by atoms with Crippen LogP contribution in [-0.4, -0.2) is 43.1 Å². The lowest BCUT2D eigenvalue weighted by atomic mass is 10.1. The van der Waals surface area contributed by atoms with Crippen LogP contribution in [0.25, 0.3) is 0 Å². The lowest BCUT2D eigenvalue weighted by Gasteiger charge is -2.32. The van der Waals surface area contributed by atoms with Crippen LogP contribution in [0.3, 0.4) is 0 Å². The minimum absolute atomic E-state index is 0.0705. The molecule has 1 aliphatic heterocycles. The first kappa shape index (κ1) is 18.0. The molecule has 1 fully saturated rings. The Kier molecular flexibility index (Phi) is 5.83. The highest BCUT2D eigenvalue weighted by atomic mass is 32.1. The first-order chi connectivity index (χ1) is 12.0. The maximum atomic E-state index is 13.3. The number of ether oxygens (including phenoxy) is 2. The summed E-state index contributed by atoms with van der Waals surface area (Å²) in [5.41, 5.74) is 1.59. The Morgan fingerprint density at radius 2 is 2.28 bits per heavy atom. The Morgan fingerprint density at radius 3 is 3.00 bits per heavy atom. The standard InChI is InChI=1S/C19H22FNO3S/c1-13-5-8-25-19(13)11-21-6-7-23-16(10-21)12-24-18-4-3-15(20)9-17(18)14(2)22/h3-5,8-9,16H,6-7,10-12H2,1-2H3. The smallest absolute Gasteiger partial charge is 0.163 e. The summed E-state index contributed by atoms with van der Waals surface area (Å²) in [6.45, 7) is 7.11. The zero-order chi connectivity index (χ0) is 17.8. The van der Waals surface area contributed by atoms with E-state index >= 15 is 0 Å². The second kappa shape index (κ2) is 8.08. The first-order valence-corrected chi connectivity index (χ1v) is 9.21. The van der Waals surface area contributed by atoms with Gasteiger partial charge < -0.3 is 9.47 Å². The molecule has 4 nitrogen and oxygen atoms in total.